The van der Waals surface area contributed by atoms with E-state index in [1.807, 2.05) is 30.3 Å². The van der Waals surface area contributed by atoms with Gasteiger partial charge in [0.25, 0.3) is 0 Å². The maximum Gasteiger partial charge on any atom is 0.408 e. The molecule has 0 aliphatic rings. The van der Waals surface area contributed by atoms with Crippen molar-refractivity contribution in [3.05, 3.63) is 43.0 Å². The van der Waals surface area contributed by atoms with Crippen LogP contribution in [-0.2, 0) is 14.3 Å². The van der Waals surface area contributed by atoms with E-state index in [2.05, 4.69) is 11.9 Å². The molecule has 1 aromatic rings. The maximum absolute atomic E-state index is 12.2. The van der Waals surface area contributed by atoms with Crippen molar-refractivity contribution < 1.29 is 23.8 Å². The second-order valence-corrected chi connectivity index (χ2v) is 6.64. The topological polar surface area (TPSA) is 73.9 Å². The minimum atomic E-state index is -0.860. The Kier molecular flexibility index (Phi) is 7.48. The first-order chi connectivity index (χ1) is 11.6. The van der Waals surface area contributed by atoms with Gasteiger partial charge in [-0.25, -0.2) is 9.59 Å². The Morgan fingerprint density at radius 2 is 1.76 bits per heavy atom. The molecule has 1 N–H and O–H groups in total. The minimum absolute atomic E-state index is 0.433. The van der Waals surface area contributed by atoms with E-state index >= 15 is 0 Å². The lowest BCUT2D eigenvalue weighted by Crippen LogP contribution is -2.44. The van der Waals surface area contributed by atoms with Crippen molar-refractivity contribution in [3.63, 3.8) is 0 Å². The van der Waals surface area contributed by atoms with Crippen LogP contribution >= 0.6 is 0 Å². The number of para-hydroxylation sites is 1. The molecular weight excluding hydrogens is 322 g/mol. The first kappa shape index (κ1) is 20.5. The van der Waals surface area contributed by atoms with Gasteiger partial charge in [-0.1, -0.05) is 24.8 Å². The van der Waals surface area contributed by atoms with Gasteiger partial charge in [0.1, 0.15) is 23.5 Å². The average Bonchev–Trinajstić information content (AvgIpc) is 2.51. The van der Waals surface area contributed by atoms with Gasteiger partial charge in [0.05, 0.1) is 0 Å². The predicted molar refractivity (Wildman–Crippen MR) is 95.4 cm³/mol. The number of alkyl carbamates (subject to hydrolysis) is 1. The molecule has 0 heterocycles. The molecule has 0 bridgehead atoms. The summed E-state index contributed by atoms with van der Waals surface area (Å²) in [5.41, 5.74) is -0.643. The molecule has 0 spiro atoms. The zero-order valence-electron chi connectivity index (χ0n) is 15.4. The molecule has 0 saturated heterocycles. The van der Waals surface area contributed by atoms with E-state index < -0.39 is 35.9 Å². The number of esters is 1. The highest BCUT2D eigenvalue weighted by atomic mass is 16.6. The number of carbonyl (C=O) groups excluding carboxylic acids is 2. The van der Waals surface area contributed by atoms with Crippen LogP contribution in [0, 0.1) is 0 Å². The van der Waals surface area contributed by atoms with Crippen LogP contribution in [0.2, 0.25) is 0 Å². The number of carbonyl (C=O) groups is 2. The number of amides is 1. The Balaban J connectivity index is 2.56. The lowest BCUT2D eigenvalue weighted by atomic mass is 10.2. The molecule has 138 valence electrons. The normalized spacial score (nSPS) is 14.6. The first-order valence-corrected chi connectivity index (χ1v) is 8.16. The van der Waals surface area contributed by atoms with E-state index in [4.69, 9.17) is 14.2 Å². The fraction of sp³-hybridized carbons (Fsp3) is 0.474. The summed E-state index contributed by atoms with van der Waals surface area (Å²) in [6.07, 6.45) is -0.278. The summed E-state index contributed by atoms with van der Waals surface area (Å²) >= 11 is 0. The van der Waals surface area contributed by atoms with Crippen LogP contribution in [0.4, 0.5) is 4.79 Å². The zero-order valence-corrected chi connectivity index (χ0v) is 15.4. The highest BCUT2D eigenvalue weighted by molar-refractivity contribution is 5.81. The smallest absolute Gasteiger partial charge is 0.408 e. The fourth-order valence-electron chi connectivity index (χ4n) is 1.90. The van der Waals surface area contributed by atoms with Gasteiger partial charge >= 0.3 is 12.1 Å². The lowest BCUT2D eigenvalue weighted by molar-refractivity contribution is -0.152. The molecule has 6 nitrogen and oxygen atoms in total. The highest BCUT2D eigenvalue weighted by Gasteiger charge is 2.26. The zero-order chi connectivity index (χ0) is 19.0. The van der Waals surface area contributed by atoms with E-state index in [1.54, 1.807) is 27.7 Å². The molecule has 0 unspecified atom stereocenters. The summed E-state index contributed by atoms with van der Waals surface area (Å²) in [6, 6.07) is 8.34. The van der Waals surface area contributed by atoms with Crippen molar-refractivity contribution in [2.75, 3.05) is 0 Å². The third kappa shape index (κ3) is 7.74. The van der Waals surface area contributed by atoms with Gasteiger partial charge in [-0.3, -0.25) is 0 Å². The van der Waals surface area contributed by atoms with E-state index in [1.165, 1.54) is 13.0 Å². The molecule has 0 fully saturated rings. The van der Waals surface area contributed by atoms with Crippen molar-refractivity contribution in [3.8, 4) is 5.75 Å². The van der Waals surface area contributed by atoms with E-state index in [0.29, 0.717) is 5.75 Å². The summed E-state index contributed by atoms with van der Waals surface area (Å²) in [4.78, 5) is 23.9. The molecular formula is C19H27NO5. The molecule has 25 heavy (non-hydrogen) atoms. The van der Waals surface area contributed by atoms with Crippen molar-refractivity contribution in [1.29, 1.82) is 0 Å². The number of nitrogens with one attached hydrogen (secondary N) is 1. The number of benzene rings is 1. The van der Waals surface area contributed by atoms with Gasteiger partial charge in [-0.2, -0.15) is 0 Å². The molecule has 0 aliphatic carbocycles. The molecule has 3 atom stereocenters. The van der Waals surface area contributed by atoms with Crippen molar-refractivity contribution in [2.45, 2.75) is 58.5 Å². The number of hydrogen-bond acceptors (Lipinski definition) is 5. The van der Waals surface area contributed by atoms with Crippen LogP contribution in [-0.4, -0.2) is 35.9 Å². The number of rotatable bonds is 7. The maximum atomic E-state index is 12.2. The second-order valence-electron chi connectivity index (χ2n) is 6.64. The molecule has 0 aliphatic heterocycles. The van der Waals surface area contributed by atoms with Crippen LogP contribution in [0.1, 0.15) is 34.6 Å². The Hall–Kier alpha value is -2.50. The van der Waals surface area contributed by atoms with Crippen molar-refractivity contribution >= 4 is 12.1 Å². The van der Waals surface area contributed by atoms with E-state index in [9.17, 15) is 9.59 Å². The lowest BCUT2D eigenvalue weighted by Gasteiger charge is -2.25. The largest absolute Gasteiger partial charge is 0.487 e. The third-order valence-corrected chi connectivity index (χ3v) is 3.10. The molecule has 1 aromatic carbocycles. The predicted octanol–water partition coefficient (Wildman–Crippen LogP) is 3.46. The summed E-state index contributed by atoms with van der Waals surface area (Å²) in [5, 5.41) is 2.44. The Morgan fingerprint density at radius 1 is 1.16 bits per heavy atom. The van der Waals surface area contributed by atoms with Gasteiger partial charge in [0.2, 0.25) is 0 Å². The summed E-state index contributed by atoms with van der Waals surface area (Å²) < 4.78 is 16.2. The van der Waals surface area contributed by atoms with Crippen molar-refractivity contribution in [1.82, 2.24) is 5.32 Å². The van der Waals surface area contributed by atoms with Crippen LogP contribution in [0.25, 0.3) is 0 Å². The molecule has 0 aromatic heterocycles. The molecule has 0 radical (unpaired) electrons. The van der Waals surface area contributed by atoms with Crippen LogP contribution in [0.15, 0.2) is 43.0 Å². The average molecular weight is 349 g/mol. The molecule has 1 rings (SSSR count). The summed E-state index contributed by atoms with van der Waals surface area (Å²) in [5.74, 6) is 0.0668. The van der Waals surface area contributed by atoms with Gasteiger partial charge in [-0.15, -0.1) is 0 Å². The standard InChI is InChI=1S/C19H27NO5/c1-7-16(14(3)23-15-11-9-8-10-12-15)24-17(21)13(2)20-18(22)25-19(4,5)6/h7-14,16H,1H2,2-6H3,(H,20,22)/t13-,14-,16-/m0/s1. The van der Waals surface area contributed by atoms with Gasteiger partial charge in [0.15, 0.2) is 6.10 Å². The first-order valence-electron chi connectivity index (χ1n) is 8.16. The molecule has 1 amide bonds. The molecule has 0 saturated carbocycles. The van der Waals surface area contributed by atoms with Gasteiger partial charge in [-0.05, 0) is 52.8 Å². The number of ether oxygens (including phenoxy) is 3. The highest BCUT2D eigenvalue weighted by Crippen LogP contribution is 2.15. The van der Waals surface area contributed by atoms with Crippen LogP contribution < -0.4 is 10.1 Å². The van der Waals surface area contributed by atoms with E-state index in [-0.39, 0.29) is 0 Å². The second kappa shape index (κ2) is 9.11. The van der Waals surface area contributed by atoms with E-state index in [0.717, 1.165) is 0 Å². The quantitative estimate of drug-likeness (QED) is 0.603. The SMILES string of the molecule is C=C[C@H](OC(=O)[C@H](C)NC(=O)OC(C)(C)C)[C@H](C)Oc1ccccc1. The number of hydrogen-bond donors (Lipinski definition) is 1. The van der Waals surface area contributed by atoms with Gasteiger partial charge < -0.3 is 19.5 Å². The molecule has 6 heteroatoms. The minimum Gasteiger partial charge on any atom is -0.487 e. The van der Waals surface area contributed by atoms with Crippen LogP contribution in [0.5, 0.6) is 5.75 Å². The van der Waals surface area contributed by atoms with Gasteiger partial charge in [0, 0.05) is 0 Å². The third-order valence-electron chi connectivity index (χ3n) is 3.10. The Morgan fingerprint density at radius 3 is 2.28 bits per heavy atom. The summed E-state index contributed by atoms with van der Waals surface area (Å²) in [6.45, 7) is 12.2. The summed E-state index contributed by atoms with van der Waals surface area (Å²) in [7, 11) is 0. The fourth-order valence-corrected chi connectivity index (χ4v) is 1.90. The van der Waals surface area contributed by atoms with Crippen molar-refractivity contribution in [2.24, 2.45) is 0 Å². The Bertz CT molecular complexity index is 579. The van der Waals surface area contributed by atoms with Crippen LogP contribution in [0.3, 0.4) is 0 Å². The monoisotopic (exact) mass is 349 g/mol. The Labute approximate surface area is 149 Å².